The van der Waals surface area contributed by atoms with Crippen LogP contribution in [-0.4, -0.2) is 38.5 Å². The van der Waals surface area contributed by atoms with Crippen LogP contribution >= 0.6 is 11.3 Å². The van der Waals surface area contributed by atoms with Crippen molar-refractivity contribution in [1.29, 1.82) is 0 Å². The summed E-state index contributed by atoms with van der Waals surface area (Å²) in [4.78, 5) is 11.7. The number of aryl methyl sites for hydroxylation is 1. The molecule has 0 fully saturated rings. The fraction of sp³-hybridized carbons (Fsp3) is 0.500. The van der Waals surface area contributed by atoms with Crippen molar-refractivity contribution in [3.05, 3.63) is 23.5 Å². The number of hydrogen-bond donors (Lipinski definition) is 2. The molecule has 0 spiro atoms. The van der Waals surface area contributed by atoms with E-state index in [2.05, 4.69) is 32.9 Å². The fourth-order valence-corrected chi connectivity index (χ4v) is 2.16. The zero-order valence-electron chi connectivity index (χ0n) is 11.7. The van der Waals surface area contributed by atoms with Gasteiger partial charge in [0.15, 0.2) is 0 Å². The SMILES string of the molecule is Cc1cnn(C(C)C(C)NCC(=O)Nc2nncs2)c1. The van der Waals surface area contributed by atoms with Crippen LogP contribution in [0.5, 0.6) is 0 Å². The van der Waals surface area contributed by atoms with Crippen molar-refractivity contribution in [3.8, 4) is 0 Å². The highest BCUT2D eigenvalue weighted by Gasteiger charge is 2.15. The molecule has 2 aromatic heterocycles. The van der Waals surface area contributed by atoms with E-state index < -0.39 is 0 Å². The quantitative estimate of drug-likeness (QED) is 0.837. The second-order valence-corrected chi connectivity index (χ2v) is 5.53. The van der Waals surface area contributed by atoms with Crippen molar-refractivity contribution in [3.63, 3.8) is 0 Å². The first kappa shape index (κ1) is 14.6. The lowest BCUT2D eigenvalue weighted by molar-refractivity contribution is -0.115. The molecule has 1 amide bonds. The third-order valence-corrected chi connectivity index (χ3v) is 3.67. The molecule has 0 radical (unpaired) electrons. The number of nitrogens with zero attached hydrogens (tertiary/aromatic N) is 4. The molecule has 0 aromatic carbocycles. The average molecular weight is 294 g/mol. The molecule has 2 aromatic rings. The van der Waals surface area contributed by atoms with Gasteiger partial charge in [0.25, 0.3) is 0 Å². The van der Waals surface area contributed by atoms with Crippen molar-refractivity contribution in [2.24, 2.45) is 0 Å². The predicted octanol–water partition coefficient (Wildman–Crippen LogP) is 1.22. The summed E-state index contributed by atoms with van der Waals surface area (Å²) in [5.41, 5.74) is 2.70. The number of carbonyl (C=O) groups excluding carboxylic acids is 1. The molecular weight excluding hydrogens is 276 g/mol. The molecule has 8 heteroatoms. The molecule has 0 aliphatic rings. The number of amides is 1. The van der Waals surface area contributed by atoms with Crippen LogP contribution in [0.1, 0.15) is 25.5 Å². The number of carbonyl (C=O) groups is 1. The van der Waals surface area contributed by atoms with Crippen molar-refractivity contribution in [2.75, 3.05) is 11.9 Å². The largest absolute Gasteiger partial charge is 0.304 e. The van der Waals surface area contributed by atoms with Crippen molar-refractivity contribution in [2.45, 2.75) is 32.9 Å². The molecule has 108 valence electrons. The van der Waals surface area contributed by atoms with Gasteiger partial charge in [0.2, 0.25) is 11.0 Å². The number of rotatable bonds is 6. The Morgan fingerprint density at radius 2 is 2.30 bits per heavy atom. The van der Waals surface area contributed by atoms with Gasteiger partial charge in [0.05, 0.1) is 18.8 Å². The van der Waals surface area contributed by atoms with Gasteiger partial charge in [0.1, 0.15) is 5.51 Å². The maximum absolute atomic E-state index is 11.7. The van der Waals surface area contributed by atoms with Crippen LogP contribution in [0.3, 0.4) is 0 Å². The summed E-state index contributed by atoms with van der Waals surface area (Å²) in [6, 6.07) is 0.285. The normalized spacial score (nSPS) is 13.9. The Morgan fingerprint density at radius 1 is 1.50 bits per heavy atom. The zero-order valence-corrected chi connectivity index (χ0v) is 12.5. The summed E-state index contributed by atoms with van der Waals surface area (Å²) in [7, 11) is 0. The van der Waals surface area contributed by atoms with Crippen molar-refractivity contribution >= 4 is 22.4 Å². The Kier molecular flexibility index (Phi) is 4.80. The maximum Gasteiger partial charge on any atom is 0.240 e. The van der Waals surface area contributed by atoms with Crippen LogP contribution in [-0.2, 0) is 4.79 Å². The minimum absolute atomic E-state index is 0.120. The number of anilines is 1. The molecule has 0 aliphatic carbocycles. The summed E-state index contributed by atoms with van der Waals surface area (Å²) in [6.07, 6.45) is 3.82. The highest BCUT2D eigenvalue weighted by molar-refractivity contribution is 7.13. The molecule has 2 rings (SSSR count). The first-order valence-corrected chi connectivity index (χ1v) is 7.24. The molecule has 0 saturated carbocycles. The van der Waals surface area contributed by atoms with E-state index >= 15 is 0 Å². The van der Waals surface area contributed by atoms with E-state index in [1.165, 1.54) is 11.3 Å². The first-order valence-electron chi connectivity index (χ1n) is 6.36. The minimum Gasteiger partial charge on any atom is -0.304 e. The second kappa shape index (κ2) is 6.58. The highest BCUT2D eigenvalue weighted by Crippen LogP contribution is 2.11. The van der Waals surface area contributed by atoms with E-state index in [0.29, 0.717) is 5.13 Å². The Labute approximate surface area is 121 Å². The molecule has 20 heavy (non-hydrogen) atoms. The molecule has 0 bridgehead atoms. The van der Waals surface area contributed by atoms with Crippen LogP contribution in [0, 0.1) is 6.92 Å². The summed E-state index contributed by atoms with van der Waals surface area (Å²) >= 11 is 1.30. The van der Waals surface area contributed by atoms with Crippen molar-refractivity contribution in [1.82, 2.24) is 25.3 Å². The van der Waals surface area contributed by atoms with Gasteiger partial charge < -0.3 is 5.32 Å². The lowest BCUT2D eigenvalue weighted by Gasteiger charge is -2.21. The van der Waals surface area contributed by atoms with Gasteiger partial charge in [0, 0.05) is 12.2 Å². The third kappa shape index (κ3) is 3.84. The van der Waals surface area contributed by atoms with Gasteiger partial charge in [-0.1, -0.05) is 11.3 Å². The molecule has 0 saturated heterocycles. The number of nitrogens with one attached hydrogen (secondary N) is 2. The van der Waals surface area contributed by atoms with Crippen LogP contribution < -0.4 is 10.6 Å². The van der Waals surface area contributed by atoms with E-state index in [9.17, 15) is 4.79 Å². The van der Waals surface area contributed by atoms with E-state index in [1.807, 2.05) is 30.9 Å². The molecule has 2 heterocycles. The van der Waals surface area contributed by atoms with Gasteiger partial charge >= 0.3 is 0 Å². The van der Waals surface area contributed by atoms with Crippen molar-refractivity contribution < 1.29 is 4.79 Å². The van der Waals surface area contributed by atoms with Gasteiger partial charge in [-0.15, -0.1) is 10.2 Å². The lowest BCUT2D eigenvalue weighted by atomic mass is 10.2. The van der Waals surface area contributed by atoms with E-state index in [1.54, 1.807) is 5.51 Å². The zero-order chi connectivity index (χ0) is 14.5. The Balaban J connectivity index is 1.79. The molecule has 2 N–H and O–H groups in total. The van der Waals surface area contributed by atoms with Crippen LogP contribution in [0.2, 0.25) is 0 Å². The molecule has 7 nitrogen and oxygen atoms in total. The van der Waals surface area contributed by atoms with Gasteiger partial charge in [-0.05, 0) is 26.3 Å². The third-order valence-electron chi connectivity index (χ3n) is 3.06. The molecular formula is C12H18N6OS. The number of aromatic nitrogens is 4. The monoisotopic (exact) mass is 294 g/mol. The summed E-state index contributed by atoms with van der Waals surface area (Å²) in [5.74, 6) is -0.127. The van der Waals surface area contributed by atoms with Gasteiger partial charge in [-0.25, -0.2) is 0 Å². The van der Waals surface area contributed by atoms with E-state index in [4.69, 9.17) is 0 Å². The Morgan fingerprint density at radius 3 is 2.90 bits per heavy atom. The smallest absolute Gasteiger partial charge is 0.240 e. The van der Waals surface area contributed by atoms with Crippen LogP contribution in [0.15, 0.2) is 17.9 Å². The first-order chi connectivity index (χ1) is 9.56. The predicted molar refractivity (Wildman–Crippen MR) is 77.7 cm³/mol. The topological polar surface area (TPSA) is 84.7 Å². The second-order valence-electron chi connectivity index (χ2n) is 4.70. The summed E-state index contributed by atoms with van der Waals surface area (Å²) in [5, 5.41) is 18.1. The Bertz CT molecular complexity index is 552. The lowest BCUT2D eigenvalue weighted by Crippen LogP contribution is -2.39. The van der Waals surface area contributed by atoms with Gasteiger partial charge in [-0.3, -0.25) is 14.8 Å². The van der Waals surface area contributed by atoms with E-state index in [-0.39, 0.29) is 24.5 Å². The summed E-state index contributed by atoms with van der Waals surface area (Å²) in [6.45, 7) is 6.32. The standard InChI is InChI=1S/C12H18N6OS/c1-8-4-15-18(6-8)10(3)9(2)13-5-11(19)16-12-17-14-7-20-12/h4,6-7,9-10,13H,5H2,1-3H3,(H,16,17,19). The molecule has 2 atom stereocenters. The molecule has 0 aliphatic heterocycles. The average Bonchev–Trinajstić information content (AvgIpc) is 3.06. The van der Waals surface area contributed by atoms with Crippen LogP contribution in [0.4, 0.5) is 5.13 Å². The summed E-state index contributed by atoms with van der Waals surface area (Å²) < 4.78 is 1.90. The minimum atomic E-state index is -0.127. The van der Waals surface area contributed by atoms with Gasteiger partial charge in [-0.2, -0.15) is 5.10 Å². The van der Waals surface area contributed by atoms with E-state index in [0.717, 1.165) is 5.56 Å². The van der Waals surface area contributed by atoms with Crippen LogP contribution in [0.25, 0.3) is 0 Å². The maximum atomic E-state index is 11.7. The Hall–Kier alpha value is -1.80. The fourth-order valence-electron chi connectivity index (χ4n) is 1.70. The molecule has 2 unspecified atom stereocenters. The highest BCUT2D eigenvalue weighted by atomic mass is 32.1. The number of hydrogen-bond acceptors (Lipinski definition) is 6.